The molecule has 0 unspecified atom stereocenters. The maximum absolute atomic E-state index is 13.7. The highest BCUT2D eigenvalue weighted by atomic mass is 19.4. The van der Waals surface area contributed by atoms with E-state index in [2.05, 4.69) is 10.1 Å². The van der Waals surface area contributed by atoms with E-state index in [1.807, 2.05) is 19.1 Å². The summed E-state index contributed by atoms with van der Waals surface area (Å²) in [6, 6.07) is 11.5. The number of nitrogens with zero attached hydrogens (tertiary/aromatic N) is 3. The summed E-state index contributed by atoms with van der Waals surface area (Å²) in [5.74, 6) is 0.270. The lowest BCUT2D eigenvalue weighted by Gasteiger charge is -2.11. The molecule has 0 aliphatic heterocycles. The zero-order valence-electron chi connectivity index (χ0n) is 14.0. The molecule has 0 spiro atoms. The van der Waals surface area contributed by atoms with Crippen LogP contribution in [0.3, 0.4) is 0 Å². The van der Waals surface area contributed by atoms with E-state index < -0.39 is 11.7 Å². The summed E-state index contributed by atoms with van der Waals surface area (Å²) in [6.07, 6.45) is -3.13. The van der Waals surface area contributed by atoms with Crippen molar-refractivity contribution in [3.8, 4) is 17.1 Å². The minimum atomic E-state index is -4.53. The van der Waals surface area contributed by atoms with Gasteiger partial charge in [-0.25, -0.2) is 9.67 Å². The Bertz CT molecular complexity index is 1080. The van der Waals surface area contributed by atoms with Gasteiger partial charge in [0.25, 0.3) is 0 Å². The van der Waals surface area contributed by atoms with E-state index in [1.165, 1.54) is 10.9 Å². The zero-order valence-corrected chi connectivity index (χ0v) is 14.0. The number of alkyl halides is 3. The Morgan fingerprint density at radius 1 is 1.04 bits per heavy atom. The Labute approximate surface area is 146 Å². The number of hydrogen-bond donors (Lipinski definition) is 0. The van der Waals surface area contributed by atoms with E-state index >= 15 is 0 Å². The Morgan fingerprint density at radius 3 is 2.38 bits per heavy atom. The molecular formula is C19H14F3N3O. The molecule has 0 saturated heterocycles. The molecule has 4 nitrogen and oxygen atoms in total. The van der Waals surface area contributed by atoms with Gasteiger partial charge < -0.3 is 4.42 Å². The molecule has 4 aromatic rings. The summed E-state index contributed by atoms with van der Waals surface area (Å²) in [6.45, 7) is 3.49. The number of pyridine rings is 1. The van der Waals surface area contributed by atoms with Crippen LogP contribution in [0.25, 0.3) is 28.2 Å². The predicted molar refractivity (Wildman–Crippen MR) is 91.0 cm³/mol. The predicted octanol–water partition coefficient (Wildman–Crippen LogP) is 5.32. The summed E-state index contributed by atoms with van der Waals surface area (Å²) >= 11 is 0. The molecule has 3 heterocycles. The Kier molecular flexibility index (Phi) is 3.61. The molecule has 3 aromatic heterocycles. The Hall–Kier alpha value is -3.09. The molecule has 26 heavy (non-hydrogen) atoms. The number of halogens is 3. The number of aromatic nitrogens is 3. The molecule has 0 atom stereocenters. The van der Waals surface area contributed by atoms with Crippen LogP contribution in [-0.4, -0.2) is 14.8 Å². The average molecular weight is 357 g/mol. The zero-order chi connectivity index (χ0) is 18.5. The molecule has 7 heteroatoms. The van der Waals surface area contributed by atoms with Gasteiger partial charge in [0.1, 0.15) is 5.69 Å². The van der Waals surface area contributed by atoms with Crippen LogP contribution in [0.2, 0.25) is 0 Å². The third-order valence-corrected chi connectivity index (χ3v) is 4.17. The smallest absolute Gasteiger partial charge is 0.417 e. The minimum absolute atomic E-state index is 0.00613. The molecule has 1 aromatic carbocycles. The first-order chi connectivity index (χ1) is 12.3. The monoisotopic (exact) mass is 357 g/mol. The number of rotatable bonds is 2. The lowest BCUT2D eigenvalue weighted by molar-refractivity contribution is -0.136. The van der Waals surface area contributed by atoms with Gasteiger partial charge in [-0.3, -0.25) is 0 Å². The number of benzene rings is 1. The third kappa shape index (κ3) is 2.65. The van der Waals surface area contributed by atoms with E-state index in [9.17, 15) is 13.2 Å². The first-order valence-corrected chi connectivity index (χ1v) is 7.93. The van der Waals surface area contributed by atoms with Crippen molar-refractivity contribution in [3.63, 3.8) is 0 Å². The van der Waals surface area contributed by atoms with Gasteiger partial charge in [0.05, 0.1) is 28.6 Å². The molecule has 0 bridgehead atoms. The van der Waals surface area contributed by atoms with Crippen molar-refractivity contribution in [3.05, 3.63) is 65.5 Å². The second kappa shape index (κ2) is 5.72. The number of furan rings is 1. The van der Waals surface area contributed by atoms with Crippen molar-refractivity contribution >= 4 is 11.0 Å². The van der Waals surface area contributed by atoms with Gasteiger partial charge in [-0.15, -0.1) is 0 Å². The fraction of sp³-hybridized carbons (Fsp3) is 0.158. The molecule has 0 N–H and O–H groups in total. The maximum atomic E-state index is 13.7. The van der Waals surface area contributed by atoms with Gasteiger partial charge in [0, 0.05) is 0 Å². The van der Waals surface area contributed by atoms with Crippen molar-refractivity contribution < 1.29 is 17.6 Å². The van der Waals surface area contributed by atoms with E-state index in [0.717, 1.165) is 11.6 Å². The number of aryl methyl sites for hydroxylation is 2. The van der Waals surface area contributed by atoms with Crippen LogP contribution in [0.5, 0.6) is 0 Å². The van der Waals surface area contributed by atoms with E-state index in [-0.39, 0.29) is 28.2 Å². The molecule has 132 valence electrons. The quantitative estimate of drug-likeness (QED) is 0.488. The van der Waals surface area contributed by atoms with Gasteiger partial charge in [-0.05, 0) is 44.2 Å². The highest BCUT2D eigenvalue weighted by Crippen LogP contribution is 2.38. The van der Waals surface area contributed by atoms with Crippen molar-refractivity contribution in [2.45, 2.75) is 20.0 Å². The molecule has 0 saturated carbocycles. The Morgan fingerprint density at radius 2 is 1.77 bits per heavy atom. The fourth-order valence-corrected chi connectivity index (χ4v) is 2.93. The highest BCUT2D eigenvalue weighted by molar-refractivity contribution is 5.86. The van der Waals surface area contributed by atoms with Crippen molar-refractivity contribution in [1.29, 1.82) is 0 Å². The highest BCUT2D eigenvalue weighted by Gasteiger charge is 2.36. The first kappa shape index (κ1) is 16.4. The molecule has 0 aliphatic rings. The van der Waals surface area contributed by atoms with Gasteiger partial charge in [-0.1, -0.05) is 17.7 Å². The molecule has 0 amide bonds. The van der Waals surface area contributed by atoms with Gasteiger partial charge in [0.2, 0.25) is 0 Å². The summed E-state index contributed by atoms with van der Waals surface area (Å²) in [5.41, 5.74) is 1.44. The van der Waals surface area contributed by atoms with Gasteiger partial charge in [0.15, 0.2) is 11.4 Å². The lowest BCUT2D eigenvalue weighted by atomic mass is 10.1. The number of hydrogen-bond acceptors (Lipinski definition) is 3. The van der Waals surface area contributed by atoms with Crippen LogP contribution in [-0.2, 0) is 6.18 Å². The van der Waals surface area contributed by atoms with Gasteiger partial charge in [-0.2, -0.15) is 18.3 Å². The van der Waals surface area contributed by atoms with Crippen LogP contribution in [0.15, 0.2) is 53.1 Å². The van der Waals surface area contributed by atoms with Crippen LogP contribution >= 0.6 is 0 Å². The minimum Gasteiger partial charge on any atom is -0.463 e. The standard InChI is InChI=1S/C19H14F3N3O/c1-11-5-7-13(8-6-11)25-18-17(12(2)24-25)14(19(20,21)22)10-15(23-18)16-4-3-9-26-16/h3-10H,1-2H3. The fourth-order valence-electron chi connectivity index (χ4n) is 2.93. The SMILES string of the molecule is Cc1ccc(-n2nc(C)c3c(C(F)(F)F)cc(-c4ccco4)nc32)cc1. The molecule has 0 fully saturated rings. The van der Waals surface area contributed by atoms with E-state index in [1.54, 1.807) is 31.2 Å². The van der Waals surface area contributed by atoms with Crippen LogP contribution in [0, 0.1) is 13.8 Å². The van der Waals surface area contributed by atoms with Crippen molar-refractivity contribution in [2.24, 2.45) is 0 Å². The van der Waals surface area contributed by atoms with Gasteiger partial charge >= 0.3 is 6.18 Å². The van der Waals surface area contributed by atoms with Crippen molar-refractivity contribution in [1.82, 2.24) is 14.8 Å². The maximum Gasteiger partial charge on any atom is 0.417 e. The van der Waals surface area contributed by atoms with E-state index in [4.69, 9.17) is 4.42 Å². The molecule has 4 rings (SSSR count). The third-order valence-electron chi connectivity index (χ3n) is 4.17. The first-order valence-electron chi connectivity index (χ1n) is 7.93. The largest absolute Gasteiger partial charge is 0.463 e. The van der Waals surface area contributed by atoms with Crippen LogP contribution in [0.1, 0.15) is 16.8 Å². The second-order valence-corrected chi connectivity index (χ2v) is 6.06. The summed E-state index contributed by atoms with van der Waals surface area (Å²) in [5, 5.41) is 4.30. The summed E-state index contributed by atoms with van der Waals surface area (Å²) in [7, 11) is 0. The van der Waals surface area contributed by atoms with Crippen molar-refractivity contribution in [2.75, 3.05) is 0 Å². The average Bonchev–Trinajstić information content (AvgIpc) is 3.23. The summed E-state index contributed by atoms with van der Waals surface area (Å²) < 4.78 is 47.7. The topological polar surface area (TPSA) is 43.9 Å². The normalized spacial score (nSPS) is 12.0. The summed E-state index contributed by atoms with van der Waals surface area (Å²) in [4.78, 5) is 4.42. The number of fused-ring (bicyclic) bond motifs is 1. The van der Waals surface area contributed by atoms with E-state index in [0.29, 0.717) is 5.69 Å². The molecular weight excluding hydrogens is 343 g/mol. The van der Waals surface area contributed by atoms with Crippen LogP contribution < -0.4 is 0 Å². The second-order valence-electron chi connectivity index (χ2n) is 6.06. The molecule has 0 radical (unpaired) electrons. The van der Waals surface area contributed by atoms with Crippen LogP contribution in [0.4, 0.5) is 13.2 Å². The molecule has 0 aliphatic carbocycles. The Balaban J connectivity index is 2.06. The lowest BCUT2D eigenvalue weighted by Crippen LogP contribution is -2.08.